The van der Waals surface area contributed by atoms with Crippen molar-refractivity contribution in [2.45, 2.75) is 12.3 Å². The minimum absolute atomic E-state index is 0.0736. The number of halogens is 4. The number of hydrogen-bond acceptors (Lipinski definition) is 3. The highest BCUT2D eigenvalue weighted by Crippen LogP contribution is 2.22. The Hall–Kier alpha value is -1.53. The topological polar surface area (TPSA) is 50.9 Å². The number of alkyl halides is 4. The number of aromatic nitrogens is 1. The lowest BCUT2D eigenvalue weighted by molar-refractivity contribution is -0.117. The van der Waals surface area contributed by atoms with E-state index in [4.69, 9.17) is 5.73 Å². The monoisotopic (exact) mass is 223 g/mol. The molecule has 0 aliphatic heterocycles. The number of pyridine rings is 1. The molecule has 1 heterocycles. The first-order valence-corrected chi connectivity index (χ1v) is 4.03. The number of nitrogens with one attached hydrogen (secondary N) is 1. The van der Waals surface area contributed by atoms with E-state index in [1.165, 1.54) is 18.3 Å². The van der Waals surface area contributed by atoms with Crippen LogP contribution in [0.1, 0.15) is 0 Å². The highest BCUT2D eigenvalue weighted by molar-refractivity contribution is 5.43. The average Bonchev–Trinajstić information content (AvgIpc) is 2.17. The Bertz CT molecular complexity index is 312. The average molecular weight is 223 g/mol. The van der Waals surface area contributed by atoms with Gasteiger partial charge in [0.2, 0.25) is 0 Å². The maximum atomic E-state index is 12.4. The van der Waals surface area contributed by atoms with Crippen LogP contribution in [0.15, 0.2) is 18.3 Å². The van der Waals surface area contributed by atoms with Crippen molar-refractivity contribution in [2.75, 3.05) is 17.6 Å². The van der Waals surface area contributed by atoms with E-state index in [1.54, 1.807) is 0 Å². The first-order valence-electron chi connectivity index (χ1n) is 4.03. The maximum absolute atomic E-state index is 12.4. The van der Waals surface area contributed by atoms with Crippen molar-refractivity contribution < 1.29 is 17.6 Å². The molecule has 0 amide bonds. The summed E-state index contributed by atoms with van der Waals surface area (Å²) in [4.78, 5) is 3.63. The first-order chi connectivity index (χ1) is 6.92. The van der Waals surface area contributed by atoms with Crippen molar-refractivity contribution >= 4 is 11.5 Å². The lowest BCUT2D eigenvalue weighted by Gasteiger charge is -2.15. The van der Waals surface area contributed by atoms with Crippen LogP contribution in [0.5, 0.6) is 0 Å². The third-order valence-corrected chi connectivity index (χ3v) is 1.61. The first kappa shape index (κ1) is 11.5. The fourth-order valence-corrected chi connectivity index (χ4v) is 0.795. The molecule has 0 spiro atoms. The molecule has 0 unspecified atom stereocenters. The fourth-order valence-electron chi connectivity index (χ4n) is 0.795. The number of nitrogen functional groups attached to an aromatic ring is 1. The van der Waals surface area contributed by atoms with Crippen molar-refractivity contribution in [1.29, 1.82) is 0 Å². The third kappa shape index (κ3) is 3.26. The summed E-state index contributed by atoms with van der Waals surface area (Å²) in [6, 6.07) is 2.76. The largest absolute Gasteiger partial charge is 0.397 e. The van der Waals surface area contributed by atoms with E-state index in [2.05, 4.69) is 10.3 Å². The quantitative estimate of drug-likeness (QED) is 0.767. The summed E-state index contributed by atoms with van der Waals surface area (Å²) in [5, 5.41) is 2.10. The van der Waals surface area contributed by atoms with Gasteiger partial charge in [0, 0.05) is 0 Å². The van der Waals surface area contributed by atoms with Gasteiger partial charge < -0.3 is 11.1 Å². The van der Waals surface area contributed by atoms with Crippen molar-refractivity contribution in [3.8, 4) is 0 Å². The Morgan fingerprint density at radius 2 is 2.07 bits per heavy atom. The van der Waals surface area contributed by atoms with Gasteiger partial charge in [-0.3, -0.25) is 0 Å². The molecule has 1 aromatic rings. The molecule has 3 N–H and O–H groups in total. The van der Waals surface area contributed by atoms with Crippen LogP contribution >= 0.6 is 0 Å². The van der Waals surface area contributed by atoms with Gasteiger partial charge >= 0.3 is 12.3 Å². The van der Waals surface area contributed by atoms with E-state index in [0.29, 0.717) is 5.69 Å². The molecule has 3 nitrogen and oxygen atoms in total. The molecule has 0 saturated heterocycles. The zero-order valence-electron chi connectivity index (χ0n) is 7.55. The Labute approximate surface area is 83.3 Å². The highest BCUT2D eigenvalue weighted by Gasteiger charge is 2.40. The zero-order chi connectivity index (χ0) is 11.5. The van der Waals surface area contributed by atoms with Gasteiger partial charge in [0.15, 0.2) is 0 Å². The van der Waals surface area contributed by atoms with Crippen LogP contribution in [0.25, 0.3) is 0 Å². The molecule has 1 rings (SSSR count). The van der Waals surface area contributed by atoms with Crippen LogP contribution in [0.3, 0.4) is 0 Å². The smallest absolute Gasteiger partial charge is 0.324 e. The number of rotatable bonds is 4. The van der Waals surface area contributed by atoms with E-state index in [0.717, 1.165) is 0 Å². The minimum atomic E-state index is -4.07. The predicted octanol–water partition coefficient (Wildman–Crippen LogP) is 1.98. The van der Waals surface area contributed by atoms with Crippen molar-refractivity contribution in [2.24, 2.45) is 0 Å². The number of anilines is 2. The second-order valence-electron chi connectivity index (χ2n) is 2.89. The summed E-state index contributed by atoms with van der Waals surface area (Å²) in [5.41, 5.74) is 5.66. The van der Waals surface area contributed by atoms with E-state index in [-0.39, 0.29) is 5.82 Å². The molecule has 0 radical (unpaired) electrons. The summed E-state index contributed by atoms with van der Waals surface area (Å²) < 4.78 is 48.4. The Morgan fingerprint density at radius 3 is 2.53 bits per heavy atom. The predicted molar refractivity (Wildman–Crippen MR) is 48.1 cm³/mol. The van der Waals surface area contributed by atoms with Crippen LogP contribution < -0.4 is 11.1 Å². The highest BCUT2D eigenvalue weighted by atomic mass is 19.3. The molecule has 1 aromatic heterocycles. The van der Waals surface area contributed by atoms with E-state index < -0.39 is 18.9 Å². The number of nitrogens with zero attached hydrogens (tertiary/aromatic N) is 1. The molecule has 0 aromatic carbocycles. The van der Waals surface area contributed by atoms with Crippen LogP contribution in [-0.4, -0.2) is 23.9 Å². The normalized spacial score (nSPS) is 11.8. The SMILES string of the molecule is Nc1ccc(NCC(F)(F)C(F)F)nc1. The van der Waals surface area contributed by atoms with Gasteiger partial charge in [0.05, 0.1) is 18.4 Å². The molecule has 0 bridgehead atoms. The second kappa shape index (κ2) is 4.33. The molecule has 0 fully saturated rings. The van der Waals surface area contributed by atoms with Gasteiger partial charge in [0.1, 0.15) is 5.82 Å². The Balaban J connectivity index is 2.54. The van der Waals surface area contributed by atoms with Crippen molar-refractivity contribution in [3.05, 3.63) is 18.3 Å². The lowest BCUT2D eigenvalue weighted by atomic mass is 10.3. The Morgan fingerprint density at radius 1 is 1.40 bits per heavy atom. The number of nitrogens with two attached hydrogens (primary N) is 1. The van der Waals surface area contributed by atoms with Gasteiger partial charge in [-0.2, -0.15) is 8.78 Å². The molecule has 7 heteroatoms. The second-order valence-corrected chi connectivity index (χ2v) is 2.89. The number of hydrogen-bond donors (Lipinski definition) is 2. The van der Waals surface area contributed by atoms with Gasteiger partial charge in [0.25, 0.3) is 0 Å². The zero-order valence-corrected chi connectivity index (χ0v) is 7.55. The summed E-state index contributed by atoms with van der Waals surface area (Å²) >= 11 is 0. The molecule has 0 aliphatic rings. The maximum Gasteiger partial charge on any atom is 0.324 e. The molecular weight excluding hydrogens is 214 g/mol. The fraction of sp³-hybridized carbons (Fsp3) is 0.375. The minimum Gasteiger partial charge on any atom is -0.397 e. The molecule has 0 atom stereocenters. The molecule has 0 aliphatic carbocycles. The molecule has 0 saturated carbocycles. The van der Waals surface area contributed by atoms with Crippen molar-refractivity contribution in [3.63, 3.8) is 0 Å². The Kier molecular flexibility index (Phi) is 3.33. The summed E-state index contributed by atoms with van der Waals surface area (Å²) in [6.45, 7) is -1.17. The third-order valence-electron chi connectivity index (χ3n) is 1.61. The van der Waals surface area contributed by atoms with Crippen LogP contribution in [0.4, 0.5) is 29.1 Å². The molecule has 15 heavy (non-hydrogen) atoms. The molecule has 84 valence electrons. The summed E-state index contributed by atoms with van der Waals surface area (Å²) in [6.07, 6.45) is -2.46. The lowest BCUT2D eigenvalue weighted by Crippen LogP contribution is -2.35. The summed E-state index contributed by atoms with van der Waals surface area (Å²) in [5.74, 6) is -3.99. The van der Waals surface area contributed by atoms with Crippen LogP contribution in [-0.2, 0) is 0 Å². The van der Waals surface area contributed by atoms with Gasteiger partial charge in [-0.25, -0.2) is 13.8 Å². The van der Waals surface area contributed by atoms with Gasteiger partial charge in [-0.15, -0.1) is 0 Å². The van der Waals surface area contributed by atoms with E-state index in [9.17, 15) is 17.6 Å². The van der Waals surface area contributed by atoms with E-state index >= 15 is 0 Å². The molecular formula is C8H9F4N3. The van der Waals surface area contributed by atoms with Crippen LogP contribution in [0.2, 0.25) is 0 Å². The van der Waals surface area contributed by atoms with Gasteiger partial charge in [-0.05, 0) is 12.1 Å². The summed E-state index contributed by atoms with van der Waals surface area (Å²) in [7, 11) is 0. The van der Waals surface area contributed by atoms with Crippen LogP contribution in [0, 0.1) is 0 Å². The van der Waals surface area contributed by atoms with E-state index in [1.807, 2.05) is 0 Å². The van der Waals surface area contributed by atoms with Crippen molar-refractivity contribution in [1.82, 2.24) is 4.98 Å². The van der Waals surface area contributed by atoms with Gasteiger partial charge in [-0.1, -0.05) is 0 Å². The standard InChI is InChI=1S/C8H9F4N3/c9-7(10)8(11,12)4-15-6-2-1-5(13)3-14-6/h1-3,7H,4,13H2,(H,14,15).